The first-order chi connectivity index (χ1) is 10.6. The van der Waals surface area contributed by atoms with Crippen molar-refractivity contribution in [1.29, 1.82) is 0 Å². The predicted octanol–water partition coefficient (Wildman–Crippen LogP) is 1.20. The topological polar surface area (TPSA) is 49.9 Å². The molecule has 0 radical (unpaired) electrons. The summed E-state index contributed by atoms with van der Waals surface area (Å²) < 4.78 is 5.27. The van der Waals surface area contributed by atoms with Crippen LogP contribution < -0.4 is 0 Å². The molecule has 118 valence electrons. The van der Waals surface area contributed by atoms with Crippen molar-refractivity contribution in [2.45, 2.75) is 19.9 Å². The first-order valence-corrected chi connectivity index (χ1v) is 7.83. The van der Waals surface area contributed by atoms with Gasteiger partial charge >= 0.3 is 0 Å². The van der Waals surface area contributed by atoms with Crippen LogP contribution in [-0.4, -0.2) is 54.5 Å². The Morgan fingerprint density at radius 3 is 2.59 bits per heavy atom. The molecule has 2 saturated heterocycles. The first-order valence-electron chi connectivity index (χ1n) is 7.83. The average Bonchev–Trinajstić information content (AvgIpc) is 2.91. The van der Waals surface area contributed by atoms with Gasteiger partial charge in [-0.05, 0) is 12.5 Å². The van der Waals surface area contributed by atoms with Crippen LogP contribution in [0.1, 0.15) is 17.5 Å². The van der Waals surface area contributed by atoms with Gasteiger partial charge in [-0.15, -0.1) is 0 Å². The molecule has 3 rings (SSSR count). The minimum absolute atomic E-state index is 0.0761. The Bertz CT molecular complexity index is 550. The van der Waals surface area contributed by atoms with E-state index in [9.17, 15) is 9.59 Å². The lowest BCUT2D eigenvalue weighted by Gasteiger charge is -2.29. The summed E-state index contributed by atoms with van der Waals surface area (Å²) in [4.78, 5) is 28.3. The van der Waals surface area contributed by atoms with Crippen molar-refractivity contribution in [3.63, 3.8) is 0 Å². The molecule has 0 aromatic heterocycles. The summed E-state index contributed by atoms with van der Waals surface area (Å²) in [5, 5.41) is 0. The molecule has 22 heavy (non-hydrogen) atoms. The number of morpholine rings is 1. The molecule has 0 saturated carbocycles. The van der Waals surface area contributed by atoms with Crippen LogP contribution in [0, 0.1) is 12.8 Å². The quantitative estimate of drug-likeness (QED) is 0.843. The number of benzene rings is 1. The van der Waals surface area contributed by atoms with Gasteiger partial charge in [0.25, 0.3) is 0 Å². The zero-order valence-corrected chi connectivity index (χ0v) is 13.0. The van der Waals surface area contributed by atoms with Gasteiger partial charge in [0.2, 0.25) is 11.8 Å². The molecule has 1 aromatic carbocycles. The minimum atomic E-state index is -0.198. The van der Waals surface area contributed by atoms with E-state index < -0.39 is 0 Å². The summed E-state index contributed by atoms with van der Waals surface area (Å²) in [6, 6.07) is 8.18. The van der Waals surface area contributed by atoms with Crippen molar-refractivity contribution in [2.75, 3.05) is 32.8 Å². The Morgan fingerprint density at radius 2 is 1.91 bits per heavy atom. The lowest BCUT2D eigenvalue weighted by molar-refractivity contribution is -0.139. The van der Waals surface area contributed by atoms with Gasteiger partial charge in [0, 0.05) is 32.6 Å². The zero-order chi connectivity index (χ0) is 15.5. The number of ether oxygens (including phenoxy) is 1. The Labute approximate surface area is 130 Å². The van der Waals surface area contributed by atoms with E-state index in [1.54, 1.807) is 4.90 Å². The molecule has 2 fully saturated rings. The number of likely N-dealkylation sites (tertiary alicyclic amines) is 1. The van der Waals surface area contributed by atoms with Crippen LogP contribution in [0.4, 0.5) is 0 Å². The van der Waals surface area contributed by atoms with Crippen molar-refractivity contribution in [1.82, 2.24) is 9.80 Å². The number of carbonyl (C=O) groups is 2. The molecule has 2 amide bonds. The van der Waals surface area contributed by atoms with E-state index in [2.05, 4.69) is 0 Å². The zero-order valence-electron chi connectivity index (χ0n) is 13.0. The van der Waals surface area contributed by atoms with Gasteiger partial charge in [-0.3, -0.25) is 9.59 Å². The van der Waals surface area contributed by atoms with E-state index >= 15 is 0 Å². The van der Waals surface area contributed by atoms with E-state index in [1.807, 2.05) is 36.1 Å². The standard InChI is InChI=1S/C17H22N2O3/c1-13-2-4-14(5-3-13)11-19-12-15(10-16(19)20)17(21)18-6-8-22-9-7-18/h2-5,15H,6-12H2,1H3/t15-/m1/s1. The third-order valence-electron chi connectivity index (χ3n) is 4.38. The van der Waals surface area contributed by atoms with Gasteiger partial charge in [0.1, 0.15) is 0 Å². The average molecular weight is 302 g/mol. The molecule has 1 atom stereocenters. The van der Waals surface area contributed by atoms with Gasteiger partial charge in [-0.1, -0.05) is 29.8 Å². The first kappa shape index (κ1) is 15.0. The van der Waals surface area contributed by atoms with Crippen molar-refractivity contribution >= 4 is 11.8 Å². The molecule has 5 heteroatoms. The van der Waals surface area contributed by atoms with E-state index in [4.69, 9.17) is 4.74 Å². The molecule has 0 unspecified atom stereocenters. The lowest BCUT2D eigenvalue weighted by Crippen LogP contribution is -2.44. The normalized spacial score (nSPS) is 22.2. The Morgan fingerprint density at radius 1 is 1.23 bits per heavy atom. The molecule has 0 bridgehead atoms. The number of aryl methyl sites for hydroxylation is 1. The Hall–Kier alpha value is -1.88. The number of hydrogen-bond donors (Lipinski definition) is 0. The van der Waals surface area contributed by atoms with Crippen LogP contribution in [0.5, 0.6) is 0 Å². The fourth-order valence-electron chi connectivity index (χ4n) is 3.05. The number of rotatable bonds is 3. The maximum absolute atomic E-state index is 12.5. The molecule has 2 heterocycles. The van der Waals surface area contributed by atoms with Crippen LogP contribution in [0.25, 0.3) is 0 Å². The number of nitrogens with zero attached hydrogens (tertiary/aromatic N) is 2. The molecule has 0 aliphatic carbocycles. The maximum Gasteiger partial charge on any atom is 0.228 e. The number of carbonyl (C=O) groups excluding carboxylic acids is 2. The van der Waals surface area contributed by atoms with Crippen LogP contribution in [0.2, 0.25) is 0 Å². The summed E-state index contributed by atoms with van der Waals surface area (Å²) in [6.07, 6.45) is 0.335. The number of amides is 2. The molecular formula is C17H22N2O3. The highest BCUT2D eigenvalue weighted by Crippen LogP contribution is 2.22. The molecule has 0 spiro atoms. The van der Waals surface area contributed by atoms with E-state index in [0.717, 1.165) is 5.56 Å². The highest BCUT2D eigenvalue weighted by molar-refractivity contribution is 5.89. The van der Waals surface area contributed by atoms with E-state index in [1.165, 1.54) is 5.56 Å². The third kappa shape index (κ3) is 3.30. The van der Waals surface area contributed by atoms with Crippen molar-refractivity contribution in [3.8, 4) is 0 Å². The molecular weight excluding hydrogens is 280 g/mol. The molecule has 2 aliphatic rings. The van der Waals surface area contributed by atoms with Gasteiger partial charge in [0.05, 0.1) is 19.1 Å². The molecule has 2 aliphatic heterocycles. The van der Waals surface area contributed by atoms with Crippen molar-refractivity contribution < 1.29 is 14.3 Å². The summed E-state index contributed by atoms with van der Waals surface area (Å²) in [7, 11) is 0. The second kappa shape index (κ2) is 6.48. The van der Waals surface area contributed by atoms with E-state index in [-0.39, 0.29) is 17.7 Å². The van der Waals surface area contributed by atoms with Gasteiger partial charge in [0.15, 0.2) is 0 Å². The highest BCUT2D eigenvalue weighted by Gasteiger charge is 2.36. The van der Waals surface area contributed by atoms with Gasteiger partial charge in [-0.25, -0.2) is 0 Å². The molecule has 0 N–H and O–H groups in total. The SMILES string of the molecule is Cc1ccc(CN2C[C@H](C(=O)N3CCOCC3)CC2=O)cc1. The summed E-state index contributed by atoms with van der Waals surface area (Å²) in [5.41, 5.74) is 2.32. The van der Waals surface area contributed by atoms with Crippen molar-refractivity contribution in [3.05, 3.63) is 35.4 Å². The third-order valence-corrected chi connectivity index (χ3v) is 4.38. The number of hydrogen-bond acceptors (Lipinski definition) is 3. The summed E-state index contributed by atoms with van der Waals surface area (Å²) >= 11 is 0. The molecule has 5 nitrogen and oxygen atoms in total. The molecule has 1 aromatic rings. The van der Waals surface area contributed by atoms with Crippen LogP contribution in [0.3, 0.4) is 0 Å². The fraction of sp³-hybridized carbons (Fsp3) is 0.529. The Balaban J connectivity index is 1.60. The van der Waals surface area contributed by atoms with Crippen LogP contribution >= 0.6 is 0 Å². The maximum atomic E-state index is 12.5. The minimum Gasteiger partial charge on any atom is -0.378 e. The van der Waals surface area contributed by atoms with Crippen molar-refractivity contribution in [2.24, 2.45) is 5.92 Å². The van der Waals surface area contributed by atoms with Gasteiger partial charge < -0.3 is 14.5 Å². The van der Waals surface area contributed by atoms with Gasteiger partial charge in [-0.2, -0.15) is 0 Å². The highest BCUT2D eigenvalue weighted by atomic mass is 16.5. The van der Waals surface area contributed by atoms with Crippen LogP contribution in [-0.2, 0) is 20.9 Å². The van der Waals surface area contributed by atoms with E-state index in [0.29, 0.717) is 45.8 Å². The smallest absolute Gasteiger partial charge is 0.228 e. The largest absolute Gasteiger partial charge is 0.378 e. The summed E-state index contributed by atoms with van der Waals surface area (Å²) in [6.45, 7) is 5.64. The lowest BCUT2D eigenvalue weighted by atomic mass is 10.1. The second-order valence-corrected chi connectivity index (χ2v) is 6.10. The monoisotopic (exact) mass is 302 g/mol. The Kier molecular flexibility index (Phi) is 4.43. The summed E-state index contributed by atoms with van der Waals surface area (Å²) in [5.74, 6) is -0.0220. The second-order valence-electron chi connectivity index (χ2n) is 6.10. The van der Waals surface area contributed by atoms with Crippen LogP contribution in [0.15, 0.2) is 24.3 Å². The predicted molar refractivity (Wildman–Crippen MR) is 82.1 cm³/mol. The fourth-order valence-corrected chi connectivity index (χ4v) is 3.05.